The number of H-pyrrole nitrogens is 1. The molecule has 0 bridgehead atoms. The number of imidazole rings is 1. The van der Waals surface area contributed by atoms with Gasteiger partial charge in [-0.05, 0) is 72.9 Å². The molecule has 1 aliphatic carbocycles. The molecule has 5 rings (SSSR count). The predicted octanol–water partition coefficient (Wildman–Crippen LogP) is 5.74. The number of fused-ring (bicyclic) bond motifs is 1. The van der Waals surface area contributed by atoms with Crippen molar-refractivity contribution >= 4 is 44.3 Å². The molecule has 9 nitrogen and oxygen atoms in total. The molecule has 4 aromatic rings. The number of carbonyl (C=O) groups excluding carboxylic acids is 1. The van der Waals surface area contributed by atoms with Gasteiger partial charge in [0.25, 0.3) is 10.0 Å². The molecule has 1 saturated carbocycles. The average molecular weight is 605 g/mol. The molecule has 1 aliphatic rings. The zero-order valence-electron chi connectivity index (χ0n) is 21.7. The standard InChI is InChI=1S/C28H24F4N4O5S/c29-21-12-16(28(30,31)32)6-10-22(21)35-26(37)20-3-1-2-19(25(20)27(38)39)15-4-7-17(8-5-15)36-42(40,41)18-9-11-23-24(13-18)34-14-33-23/h4-14,19-20,25,36H,1-3H2,(H,33,34)(H,35,37)(H,38,39)/t19-,20-,25-/m1/s1. The van der Waals surface area contributed by atoms with E-state index in [0.717, 1.165) is 6.07 Å². The van der Waals surface area contributed by atoms with Crippen LogP contribution in [0, 0.1) is 17.7 Å². The van der Waals surface area contributed by atoms with Gasteiger partial charge in [-0.3, -0.25) is 14.3 Å². The van der Waals surface area contributed by atoms with Crippen molar-refractivity contribution in [3.05, 3.63) is 83.9 Å². The number of aliphatic carboxylic acids is 1. The number of halogens is 4. The number of carbonyl (C=O) groups is 2. The van der Waals surface area contributed by atoms with Gasteiger partial charge in [0.15, 0.2) is 0 Å². The van der Waals surface area contributed by atoms with E-state index in [-0.39, 0.29) is 23.1 Å². The molecule has 0 spiro atoms. The van der Waals surface area contributed by atoms with Gasteiger partial charge in [-0.25, -0.2) is 17.8 Å². The molecule has 220 valence electrons. The van der Waals surface area contributed by atoms with Crippen LogP contribution in [0.4, 0.5) is 28.9 Å². The summed E-state index contributed by atoms with van der Waals surface area (Å²) in [6.45, 7) is 0. The highest BCUT2D eigenvalue weighted by atomic mass is 32.2. The van der Waals surface area contributed by atoms with E-state index in [1.54, 1.807) is 18.2 Å². The third-order valence-corrected chi connectivity index (χ3v) is 8.75. The number of alkyl halides is 3. The van der Waals surface area contributed by atoms with Crippen molar-refractivity contribution in [2.75, 3.05) is 10.0 Å². The molecule has 0 aliphatic heterocycles. The van der Waals surface area contributed by atoms with Crippen molar-refractivity contribution in [1.82, 2.24) is 9.97 Å². The van der Waals surface area contributed by atoms with E-state index in [0.29, 0.717) is 35.5 Å². The summed E-state index contributed by atoms with van der Waals surface area (Å²) in [7, 11) is -3.95. The quantitative estimate of drug-likeness (QED) is 0.198. The maximum absolute atomic E-state index is 14.3. The van der Waals surface area contributed by atoms with Crippen LogP contribution in [-0.4, -0.2) is 35.4 Å². The first kappa shape index (κ1) is 29.0. The Hall–Kier alpha value is -4.46. The Morgan fingerprint density at radius 1 is 1.00 bits per heavy atom. The summed E-state index contributed by atoms with van der Waals surface area (Å²) in [4.78, 5) is 32.3. The molecule has 1 fully saturated rings. The molecule has 1 aromatic heterocycles. The number of hydrogen-bond donors (Lipinski definition) is 4. The Morgan fingerprint density at radius 3 is 2.40 bits per heavy atom. The van der Waals surface area contributed by atoms with E-state index in [4.69, 9.17) is 0 Å². The van der Waals surface area contributed by atoms with Gasteiger partial charge in [-0.2, -0.15) is 13.2 Å². The Kier molecular flexibility index (Phi) is 7.66. The molecular formula is C28H24F4N4O5S. The molecule has 3 aromatic carbocycles. The van der Waals surface area contributed by atoms with Crippen LogP contribution in [-0.2, 0) is 25.8 Å². The lowest BCUT2D eigenvalue weighted by Gasteiger charge is -2.35. The lowest BCUT2D eigenvalue weighted by molar-refractivity contribution is -0.148. The third kappa shape index (κ3) is 5.93. The highest BCUT2D eigenvalue weighted by molar-refractivity contribution is 7.92. The number of sulfonamides is 1. The molecule has 0 unspecified atom stereocenters. The zero-order chi connectivity index (χ0) is 30.2. The molecule has 0 saturated heterocycles. The lowest BCUT2D eigenvalue weighted by Crippen LogP contribution is -2.40. The number of aromatic nitrogens is 2. The summed E-state index contributed by atoms with van der Waals surface area (Å²) < 4.78 is 81.2. The summed E-state index contributed by atoms with van der Waals surface area (Å²) in [5.74, 6) is -6.28. The van der Waals surface area contributed by atoms with E-state index in [1.165, 1.54) is 30.6 Å². The monoisotopic (exact) mass is 604 g/mol. The van der Waals surface area contributed by atoms with Crippen LogP contribution in [0.25, 0.3) is 11.0 Å². The van der Waals surface area contributed by atoms with Gasteiger partial charge in [0.05, 0.1) is 45.3 Å². The van der Waals surface area contributed by atoms with E-state index >= 15 is 0 Å². The molecule has 0 radical (unpaired) electrons. The number of nitrogens with one attached hydrogen (secondary N) is 3. The van der Waals surface area contributed by atoms with Crippen LogP contribution in [0.3, 0.4) is 0 Å². The third-order valence-electron chi connectivity index (χ3n) is 7.37. The van der Waals surface area contributed by atoms with Gasteiger partial charge in [-0.15, -0.1) is 0 Å². The fourth-order valence-electron chi connectivity index (χ4n) is 5.32. The Bertz CT molecular complexity index is 1760. The number of benzene rings is 3. The zero-order valence-corrected chi connectivity index (χ0v) is 22.5. The lowest BCUT2D eigenvalue weighted by atomic mass is 9.69. The first-order chi connectivity index (χ1) is 19.8. The minimum Gasteiger partial charge on any atom is -0.481 e. The normalized spacial score (nSPS) is 19.4. The Balaban J connectivity index is 1.32. The minimum atomic E-state index is -4.77. The number of aromatic amines is 1. The number of nitrogens with zero attached hydrogens (tertiary/aromatic N) is 1. The first-order valence-corrected chi connectivity index (χ1v) is 14.3. The molecule has 4 N–H and O–H groups in total. The number of carboxylic acid groups (broad SMARTS) is 1. The van der Waals surface area contributed by atoms with Gasteiger partial charge < -0.3 is 15.4 Å². The molecule has 1 heterocycles. The van der Waals surface area contributed by atoms with Crippen LogP contribution in [0.15, 0.2) is 71.9 Å². The Labute approximate surface area is 237 Å². The average Bonchev–Trinajstić information content (AvgIpc) is 3.41. The molecule has 14 heteroatoms. The number of amides is 1. The molecule has 3 atom stereocenters. The molecular weight excluding hydrogens is 580 g/mol. The second-order valence-corrected chi connectivity index (χ2v) is 11.7. The van der Waals surface area contributed by atoms with Gasteiger partial charge in [0.2, 0.25) is 5.91 Å². The van der Waals surface area contributed by atoms with Crippen LogP contribution in [0.1, 0.15) is 36.3 Å². The van der Waals surface area contributed by atoms with Crippen LogP contribution in [0.5, 0.6) is 0 Å². The number of rotatable bonds is 7. The van der Waals surface area contributed by atoms with Gasteiger partial charge in [0, 0.05) is 5.69 Å². The van der Waals surface area contributed by atoms with Gasteiger partial charge in [0.1, 0.15) is 5.82 Å². The minimum absolute atomic E-state index is 0.0138. The predicted molar refractivity (Wildman–Crippen MR) is 145 cm³/mol. The molecule has 42 heavy (non-hydrogen) atoms. The number of carboxylic acids is 1. The topological polar surface area (TPSA) is 141 Å². The summed E-state index contributed by atoms with van der Waals surface area (Å²) in [6.07, 6.45) is -2.25. The first-order valence-electron chi connectivity index (χ1n) is 12.8. The fraction of sp³-hybridized carbons (Fsp3) is 0.250. The van der Waals surface area contributed by atoms with E-state index < -0.39 is 62.9 Å². The summed E-state index contributed by atoms with van der Waals surface area (Å²) in [5, 5.41) is 12.3. The van der Waals surface area contributed by atoms with E-state index in [9.17, 15) is 40.7 Å². The van der Waals surface area contributed by atoms with Crippen LogP contribution >= 0.6 is 0 Å². The van der Waals surface area contributed by atoms with Gasteiger partial charge >= 0.3 is 12.1 Å². The van der Waals surface area contributed by atoms with E-state index in [1.807, 2.05) is 0 Å². The summed E-state index contributed by atoms with van der Waals surface area (Å²) >= 11 is 0. The van der Waals surface area contributed by atoms with Crippen molar-refractivity contribution in [3.8, 4) is 0 Å². The van der Waals surface area contributed by atoms with Crippen molar-refractivity contribution in [1.29, 1.82) is 0 Å². The van der Waals surface area contributed by atoms with Crippen LogP contribution < -0.4 is 10.0 Å². The summed E-state index contributed by atoms with van der Waals surface area (Å²) in [5.41, 5.74) is 0.243. The van der Waals surface area contributed by atoms with Crippen molar-refractivity contribution in [2.24, 2.45) is 11.8 Å². The van der Waals surface area contributed by atoms with Crippen LogP contribution in [0.2, 0.25) is 0 Å². The van der Waals surface area contributed by atoms with Crippen molar-refractivity contribution < 1.29 is 40.7 Å². The Morgan fingerprint density at radius 2 is 1.74 bits per heavy atom. The highest BCUT2D eigenvalue weighted by Crippen LogP contribution is 2.43. The second-order valence-electron chi connectivity index (χ2n) is 10.00. The number of hydrogen-bond acceptors (Lipinski definition) is 5. The highest BCUT2D eigenvalue weighted by Gasteiger charge is 2.43. The largest absolute Gasteiger partial charge is 0.481 e. The van der Waals surface area contributed by atoms with Crippen molar-refractivity contribution in [2.45, 2.75) is 36.3 Å². The number of anilines is 2. The maximum Gasteiger partial charge on any atom is 0.416 e. The van der Waals surface area contributed by atoms with E-state index in [2.05, 4.69) is 20.0 Å². The van der Waals surface area contributed by atoms with Crippen molar-refractivity contribution in [3.63, 3.8) is 0 Å². The fourth-order valence-corrected chi connectivity index (χ4v) is 6.41. The summed E-state index contributed by atoms with van der Waals surface area (Å²) in [6, 6.07) is 12.2. The SMILES string of the molecule is O=C(O)[C@@H]1[C@@H](c2ccc(NS(=O)(=O)c3ccc4nc[nH]c4c3)cc2)CCC[C@H]1C(=O)Nc1ccc(C(F)(F)F)cc1F. The second kappa shape index (κ2) is 11.1. The molecule has 1 amide bonds. The smallest absolute Gasteiger partial charge is 0.416 e. The van der Waals surface area contributed by atoms with Gasteiger partial charge in [-0.1, -0.05) is 18.6 Å². The maximum atomic E-state index is 14.3.